The minimum Gasteiger partial charge on any atom is -0.496 e. The molecule has 1 aliphatic rings. The Labute approximate surface area is 194 Å². The summed E-state index contributed by atoms with van der Waals surface area (Å²) in [6, 6.07) is 7.71. The number of methoxy groups -OCH3 is 1. The fraction of sp³-hybridized carbons (Fsp3) is 0.440. The molecule has 0 aliphatic carbocycles. The molecule has 0 saturated carbocycles. The summed E-state index contributed by atoms with van der Waals surface area (Å²) in [5, 5.41) is 0.925. The molecular weight excluding hydrogens is 418 g/mol. The number of carbonyl (C=O) groups is 2. The van der Waals surface area contributed by atoms with Gasteiger partial charge in [0.15, 0.2) is 0 Å². The molecule has 1 saturated heterocycles. The second kappa shape index (κ2) is 9.21. The van der Waals surface area contributed by atoms with Crippen LogP contribution in [-0.4, -0.2) is 69.4 Å². The minimum absolute atomic E-state index is 0.0108. The second-order valence-electron chi connectivity index (χ2n) is 8.42. The third-order valence-corrected chi connectivity index (χ3v) is 6.61. The van der Waals surface area contributed by atoms with Gasteiger partial charge in [0.05, 0.1) is 23.9 Å². The lowest BCUT2D eigenvalue weighted by Gasteiger charge is -2.20. The molecule has 1 fully saturated rings. The number of aromatic nitrogens is 3. The van der Waals surface area contributed by atoms with Crippen molar-refractivity contribution in [1.29, 1.82) is 0 Å². The van der Waals surface area contributed by atoms with E-state index in [-0.39, 0.29) is 17.7 Å². The molecule has 3 aromatic rings. The summed E-state index contributed by atoms with van der Waals surface area (Å²) in [6.45, 7) is 8.27. The van der Waals surface area contributed by atoms with E-state index in [1.807, 2.05) is 61.6 Å². The second-order valence-corrected chi connectivity index (χ2v) is 8.42. The molecule has 1 atom stereocenters. The highest BCUT2D eigenvalue weighted by molar-refractivity contribution is 6.00. The third-order valence-electron chi connectivity index (χ3n) is 6.61. The lowest BCUT2D eigenvalue weighted by molar-refractivity contribution is 0.0768. The van der Waals surface area contributed by atoms with Crippen LogP contribution in [0.5, 0.6) is 5.75 Å². The van der Waals surface area contributed by atoms with Crippen LogP contribution in [0.25, 0.3) is 10.9 Å². The molecule has 8 nitrogen and oxygen atoms in total. The summed E-state index contributed by atoms with van der Waals surface area (Å²) in [5.41, 5.74) is 2.81. The van der Waals surface area contributed by atoms with Crippen molar-refractivity contribution in [1.82, 2.24) is 24.3 Å². The molecule has 8 heteroatoms. The average Bonchev–Trinajstić information content (AvgIpc) is 3.44. The molecule has 0 N–H and O–H groups in total. The van der Waals surface area contributed by atoms with E-state index in [1.54, 1.807) is 18.2 Å². The molecule has 3 heterocycles. The lowest BCUT2D eigenvalue weighted by atomic mass is 10.1. The van der Waals surface area contributed by atoms with Crippen LogP contribution in [0.15, 0.2) is 30.5 Å². The summed E-state index contributed by atoms with van der Waals surface area (Å²) in [5.74, 6) is 1.44. The van der Waals surface area contributed by atoms with Gasteiger partial charge in [-0.2, -0.15) is 0 Å². The van der Waals surface area contributed by atoms with Crippen LogP contribution in [0.3, 0.4) is 0 Å². The highest BCUT2D eigenvalue weighted by atomic mass is 16.5. The molecule has 0 unspecified atom stereocenters. The van der Waals surface area contributed by atoms with Crippen LogP contribution >= 0.6 is 0 Å². The van der Waals surface area contributed by atoms with E-state index in [9.17, 15) is 9.59 Å². The summed E-state index contributed by atoms with van der Waals surface area (Å²) >= 11 is 0. The Morgan fingerprint density at radius 2 is 2.00 bits per heavy atom. The molecule has 33 heavy (non-hydrogen) atoms. The quantitative estimate of drug-likeness (QED) is 0.576. The number of aryl methyl sites for hydroxylation is 2. The minimum atomic E-state index is -0.0431. The smallest absolute Gasteiger partial charge is 0.270 e. The largest absolute Gasteiger partial charge is 0.496 e. The predicted octanol–water partition coefficient (Wildman–Crippen LogP) is 3.40. The predicted molar refractivity (Wildman–Crippen MR) is 127 cm³/mol. The fourth-order valence-corrected chi connectivity index (χ4v) is 4.61. The van der Waals surface area contributed by atoms with E-state index < -0.39 is 0 Å². The van der Waals surface area contributed by atoms with Gasteiger partial charge in [0.1, 0.15) is 17.3 Å². The molecule has 174 valence electrons. The standard InChI is InChI=1S/C25H31N5O3/c1-6-29(7-2)24(31)19-14-26-23(27-16(19)3)17-11-12-30(15-17)25(32)21-13-18-20(28(21)4)9-8-10-22(18)33-5/h8-10,13-14,17H,6-7,11-12,15H2,1-5H3/t17-/m0/s1. The first kappa shape index (κ1) is 22.8. The Bertz CT molecular complexity index is 1200. The lowest BCUT2D eigenvalue weighted by Crippen LogP contribution is -2.31. The molecule has 1 aromatic carbocycles. The van der Waals surface area contributed by atoms with Gasteiger partial charge in [-0.1, -0.05) is 6.07 Å². The van der Waals surface area contributed by atoms with Gasteiger partial charge in [0.25, 0.3) is 11.8 Å². The fourth-order valence-electron chi connectivity index (χ4n) is 4.61. The maximum absolute atomic E-state index is 13.3. The Kier molecular flexibility index (Phi) is 6.35. The molecule has 2 amide bonds. The Balaban J connectivity index is 1.52. The molecule has 0 spiro atoms. The molecule has 0 bridgehead atoms. The number of hydrogen-bond acceptors (Lipinski definition) is 5. The maximum atomic E-state index is 13.3. The molecule has 0 radical (unpaired) electrons. The highest BCUT2D eigenvalue weighted by Gasteiger charge is 2.32. The third kappa shape index (κ3) is 4.05. The first-order valence-electron chi connectivity index (χ1n) is 11.4. The molecule has 4 rings (SSSR count). The molecule has 1 aliphatic heterocycles. The van der Waals surface area contributed by atoms with Gasteiger partial charge in [0.2, 0.25) is 0 Å². The summed E-state index contributed by atoms with van der Waals surface area (Å²) in [7, 11) is 3.54. The van der Waals surface area contributed by atoms with Crippen molar-refractivity contribution >= 4 is 22.7 Å². The topological polar surface area (TPSA) is 80.6 Å². The number of ether oxygens (including phenoxy) is 1. The monoisotopic (exact) mass is 449 g/mol. The van der Waals surface area contributed by atoms with E-state index >= 15 is 0 Å². The van der Waals surface area contributed by atoms with Crippen LogP contribution in [-0.2, 0) is 7.05 Å². The Morgan fingerprint density at radius 1 is 1.24 bits per heavy atom. The van der Waals surface area contributed by atoms with Gasteiger partial charge >= 0.3 is 0 Å². The van der Waals surface area contributed by atoms with Crippen molar-refractivity contribution in [2.75, 3.05) is 33.3 Å². The summed E-state index contributed by atoms with van der Waals surface area (Å²) in [4.78, 5) is 38.8. The summed E-state index contributed by atoms with van der Waals surface area (Å²) < 4.78 is 7.38. The Morgan fingerprint density at radius 3 is 2.67 bits per heavy atom. The highest BCUT2D eigenvalue weighted by Crippen LogP contribution is 2.31. The van der Waals surface area contributed by atoms with Crippen molar-refractivity contribution < 1.29 is 14.3 Å². The summed E-state index contributed by atoms with van der Waals surface area (Å²) in [6.07, 6.45) is 2.43. The van der Waals surface area contributed by atoms with Gasteiger partial charge in [0, 0.05) is 50.7 Å². The normalized spacial score (nSPS) is 15.8. The van der Waals surface area contributed by atoms with E-state index in [1.165, 1.54) is 0 Å². The van der Waals surface area contributed by atoms with E-state index in [0.717, 1.165) is 23.1 Å². The first-order chi connectivity index (χ1) is 15.9. The average molecular weight is 450 g/mol. The van der Waals surface area contributed by atoms with Crippen molar-refractivity contribution in [3.05, 3.63) is 53.2 Å². The Hall–Kier alpha value is -3.42. The molecule has 2 aromatic heterocycles. The van der Waals surface area contributed by atoms with Gasteiger partial charge in [-0.05, 0) is 45.4 Å². The number of nitrogens with zero attached hydrogens (tertiary/aromatic N) is 5. The van der Waals surface area contributed by atoms with Gasteiger partial charge in [-0.3, -0.25) is 9.59 Å². The number of amides is 2. The number of benzene rings is 1. The number of rotatable bonds is 6. The SMILES string of the molecule is CCN(CC)C(=O)c1cnc([C@H]2CCN(C(=O)c3cc4c(OC)cccc4n3C)C2)nc1C. The molecular formula is C25H31N5O3. The van der Waals surface area contributed by atoms with E-state index in [4.69, 9.17) is 4.74 Å². The van der Waals surface area contributed by atoms with Crippen LogP contribution in [0.4, 0.5) is 0 Å². The van der Waals surface area contributed by atoms with Crippen molar-refractivity contribution in [3.63, 3.8) is 0 Å². The number of carbonyl (C=O) groups excluding carboxylic acids is 2. The van der Waals surface area contributed by atoms with Crippen molar-refractivity contribution in [2.45, 2.75) is 33.1 Å². The maximum Gasteiger partial charge on any atom is 0.270 e. The van der Waals surface area contributed by atoms with Crippen LogP contribution in [0.2, 0.25) is 0 Å². The van der Waals surface area contributed by atoms with Crippen molar-refractivity contribution in [2.24, 2.45) is 7.05 Å². The number of likely N-dealkylation sites (tertiary alicyclic amines) is 1. The zero-order valence-corrected chi connectivity index (χ0v) is 20.0. The van der Waals surface area contributed by atoms with E-state index in [2.05, 4.69) is 9.97 Å². The van der Waals surface area contributed by atoms with Crippen LogP contribution in [0, 0.1) is 6.92 Å². The number of hydrogen-bond donors (Lipinski definition) is 0. The van der Waals surface area contributed by atoms with Gasteiger partial charge < -0.3 is 19.1 Å². The van der Waals surface area contributed by atoms with Crippen molar-refractivity contribution in [3.8, 4) is 5.75 Å². The zero-order chi connectivity index (χ0) is 23.7. The van der Waals surface area contributed by atoms with Crippen LogP contribution < -0.4 is 4.74 Å². The van der Waals surface area contributed by atoms with Gasteiger partial charge in [-0.25, -0.2) is 9.97 Å². The first-order valence-corrected chi connectivity index (χ1v) is 11.4. The zero-order valence-electron chi connectivity index (χ0n) is 20.0. The van der Waals surface area contributed by atoms with Gasteiger partial charge in [-0.15, -0.1) is 0 Å². The van der Waals surface area contributed by atoms with E-state index in [0.29, 0.717) is 49.0 Å². The number of fused-ring (bicyclic) bond motifs is 1. The van der Waals surface area contributed by atoms with Crippen LogP contribution in [0.1, 0.15) is 58.6 Å².